The van der Waals surface area contributed by atoms with Crippen molar-refractivity contribution in [3.8, 4) is 0 Å². The molecule has 20 heavy (non-hydrogen) atoms. The molecule has 114 valence electrons. The molecule has 0 atom stereocenters. The number of benzene rings is 1. The van der Waals surface area contributed by atoms with Crippen molar-refractivity contribution in [1.29, 1.82) is 0 Å². The lowest BCUT2D eigenvalue weighted by Gasteiger charge is -2.32. The quantitative estimate of drug-likeness (QED) is 0.898. The Balaban J connectivity index is 0.00000200. The first kappa shape index (κ1) is 17.3. The van der Waals surface area contributed by atoms with E-state index in [-0.39, 0.29) is 12.4 Å². The van der Waals surface area contributed by atoms with Gasteiger partial charge in [-0.1, -0.05) is 19.1 Å². The first-order valence-electron chi connectivity index (χ1n) is 7.06. The molecule has 0 aromatic heterocycles. The molecule has 1 heterocycles. The van der Waals surface area contributed by atoms with Gasteiger partial charge in [-0.2, -0.15) is 0 Å². The molecule has 5 heteroatoms. The van der Waals surface area contributed by atoms with Crippen molar-refractivity contribution in [2.75, 3.05) is 26.2 Å². The number of halogens is 3. The van der Waals surface area contributed by atoms with Gasteiger partial charge in [-0.3, -0.25) is 4.90 Å². The molecule has 1 saturated heterocycles. The molecule has 0 bridgehead atoms. The Hall–Kier alpha value is -0.710. The maximum Gasteiger partial charge on any atom is 0.163 e. The SMILES string of the molecule is CCNCC1CCN(Cc2cccc(F)c2F)CC1.Cl. The highest BCUT2D eigenvalue weighted by Crippen LogP contribution is 2.20. The van der Waals surface area contributed by atoms with Crippen LogP contribution < -0.4 is 5.32 Å². The van der Waals surface area contributed by atoms with Crippen LogP contribution in [-0.4, -0.2) is 31.1 Å². The maximum absolute atomic E-state index is 13.6. The molecule has 2 nitrogen and oxygen atoms in total. The highest BCUT2D eigenvalue weighted by Gasteiger charge is 2.20. The van der Waals surface area contributed by atoms with Crippen molar-refractivity contribution in [3.05, 3.63) is 35.4 Å². The summed E-state index contributed by atoms with van der Waals surface area (Å²) in [4.78, 5) is 2.21. The maximum atomic E-state index is 13.6. The van der Waals surface area contributed by atoms with Crippen molar-refractivity contribution in [1.82, 2.24) is 10.2 Å². The van der Waals surface area contributed by atoms with Crippen LogP contribution in [0, 0.1) is 17.6 Å². The Labute approximate surface area is 126 Å². The van der Waals surface area contributed by atoms with Crippen LogP contribution in [0.3, 0.4) is 0 Å². The Morgan fingerprint density at radius 3 is 2.60 bits per heavy atom. The number of nitrogens with zero attached hydrogens (tertiary/aromatic N) is 1. The van der Waals surface area contributed by atoms with E-state index in [2.05, 4.69) is 17.1 Å². The lowest BCUT2D eigenvalue weighted by molar-refractivity contribution is 0.173. The third-order valence-corrected chi connectivity index (χ3v) is 3.82. The van der Waals surface area contributed by atoms with Gasteiger partial charge in [0.05, 0.1) is 0 Å². The molecule has 2 rings (SSSR count). The fourth-order valence-electron chi connectivity index (χ4n) is 2.61. The first-order chi connectivity index (χ1) is 9.20. The van der Waals surface area contributed by atoms with E-state index in [1.54, 1.807) is 12.1 Å². The van der Waals surface area contributed by atoms with E-state index >= 15 is 0 Å². The molecule has 1 N–H and O–H groups in total. The minimum absolute atomic E-state index is 0. The summed E-state index contributed by atoms with van der Waals surface area (Å²) in [6.07, 6.45) is 2.26. The van der Waals surface area contributed by atoms with E-state index in [1.807, 2.05) is 0 Å². The largest absolute Gasteiger partial charge is 0.317 e. The van der Waals surface area contributed by atoms with Gasteiger partial charge in [0, 0.05) is 12.1 Å². The average Bonchev–Trinajstić information content (AvgIpc) is 2.43. The predicted molar refractivity (Wildman–Crippen MR) is 80.2 cm³/mol. The van der Waals surface area contributed by atoms with E-state index in [4.69, 9.17) is 0 Å². The normalized spacial score (nSPS) is 16.9. The van der Waals surface area contributed by atoms with Gasteiger partial charge in [0.2, 0.25) is 0 Å². The first-order valence-corrected chi connectivity index (χ1v) is 7.06. The van der Waals surface area contributed by atoms with Crippen LogP contribution in [0.5, 0.6) is 0 Å². The van der Waals surface area contributed by atoms with Crippen molar-refractivity contribution >= 4 is 12.4 Å². The molecule has 0 saturated carbocycles. The van der Waals surface area contributed by atoms with Crippen LogP contribution in [0.1, 0.15) is 25.3 Å². The molecule has 0 aliphatic carbocycles. The van der Waals surface area contributed by atoms with Crippen LogP contribution in [0.25, 0.3) is 0 Å². The zero-order valence-electron chi connectivity index (χ0n) is 11.9. The fraction of sp³-hybridized carbons (Fsp3) is 0.600. The second-order valence-electron chi connectivity index (χ2n) is 5.24. The number of piperidine rings is 1. The van der Waals surface area contributed by atoms with Gasteiger partial charge in [0.15, 0.2) is 11.6 Å². The predicted octanol–water partition coefficient (Wildman–Crippen LogP) is 3.21. The molecule has 0 unspecified atom stereocenters. The zero-order chi connectivity index (χ0) is 13.7. The number of rotatable bonds is 5. The lowest BCUT2D eigenvalue weighted by atomic mass is 9.96. The van der Waals surface area contributed by atoms with Crippen molar-refractivity contribution in [3.63, 3.8) is 0 Å². The molecule has 1 aliphatic heterocycles. The van der Waals surface area contributed by atoms with E-state index in [0.717, 1.165) is 39.0 Å². The number of likely N-dealkylation sites (tertiary alicyclic amines) is 1. The molecule has 0 spiro atoms. The van der Waals surface area contributed by atoms with Gasteiger partial charge in [0.25, 0.3) is 0 Å². The zero-order valence-corrected chi connectivity index (χ0v) is 12.7. The molecule has 0 amide bonds. The van der Waals surface area contributed by atoms with Gasteiger partial charge in [-0.15, -0.1) is 12.4 Å². The molecule has 1 fully saturated rings. The highest BCUT2D eigenvalue weighted by molar-refractivity contribution is 5.85. The van der Waals surface area contributed by atoms with E-state index < -0.39 is 11.6 Å². The summed E-state index contributed by atoms with van der Waals surface area (Å²) >= 11 is 0. The third-order valence-electron chi connectivity index (χ3n) is 3.82. The summed E-state index contributed by atoms with van der Waals surface area (Å²) in [7, 11) is 0. The van der Waals surface area contributed by atoms with Crippen molar-refractivity contribution in [2.24, 2.45) is 5.92 Å². The molecule has 1 aliphatic rings. The summed E-state index contributed by atoms with van der Waals surface area (Å²) in [5.74, 6) is -0.731. The van der Waals surface area contributed by atoms with Gasteiger partial charge >= 0.3 is 0 Å². The number of hydrogen-bond donors (Lipinski definition) is 1. The standard InChI is InChI=1S/C15H22F2N2.ClH/c1-2-18-10-12-6-8-19(9-7-12)11-13-4-3-5-14(16)15(13)17;/h3-5,12,18H,2,6-11H2,1H3;1H. The van der Waals surface area contributed by atoms with E-state index in [1.165, 1.54) is 6.07 Å². The van der Waals surface area contributed by atoms with Gasteiger partial charge < -0.3 is 5.32 Å². The Morgan fingerprint density at radius 1 is 1.25 bits per heavy atom. The molecular formula is C15H23ClF2N2. The topological polar surface area (TPSA) is 15.3 Å². The number of hydrogen-bond acceptors (Lipinski definition) is 2. The lowest BCUT2D eigenvalue weighted by Crippen LogP contribution is -2.37. The van der Waals surface area contributed by atoms with Crippen LogP contribution in [-0.2, 0) is 6.54 Å². The van der Waals surface area contributed by atoms with Crippen LogP contribution in [0.2, 0.25) is 0 Å². The monoisotopic (exact) mass is 304 g/mol. The summed E-state index contributed by atoms with van der Waals surface area (Å²) in [6.45, 7) is 6.63. The van der Waals surface area contributed by atoms with E-state index in [9.17, 15) is 8.78 Å². The molecule has 1 aromatic carbocycles. The minimum atomic E-state index is -0.750. The highest BCUT2D eigenvalue weighted by atomic mass is 35.5. The van der Waals surface area contributed by atoms with Crippen LogP contribution >= 0.6 is 12.4 Å². The molecule has 0 radical (unpaired) electrons. The average molecular weight is 305 g/mol. The minimum Gasteiger partial charge on any atom is -0.317 e. The van der Waals surface area contributed by atoms with Crippen molar-refractivity contribution < 1.29 is 8.78 Å². The summed E-state index contributed by atoms with van der Waals surface area (Å²) in [5.41, 5.74) is 0.463. The second-order valence-corrected chi connectivity index (χ2v) is 5.24. The van der Waals surface area contributed by atoms with Crippen molar-refractivity contribution in [2.45, 2.75) is 26.3 Å². The van der Waals surface area contributed by atoms with Gasteiger partial charge in [0.1, 0.15) is 0 Å². The Kier molecular flexibility index (Phi) is 7.41. The van der Waals surface area contributed by atoms with Crippen LogP contribution in [0.4, 0.5) is 8.78 Å². The smallest absolute Gasteiger partial charge is 0.163 e. The summed E-state index contributed by atoms with van der Waals surface area (Å²) in [6, 6.07) is 4.41. The van der Waals surface area contributed by atoms with Gasteiger partial charge in [-0.25, -0.2) is 8.78 Å². The fourth-order valence-corrected chi connectivity index (χ4v) is 2.61. The van der Waals surface area contributed by atoms with Gasteiger partial charge in [-0.05, 0) is 51.0 Å². The molecular weight excluding hydrogens is 282 g/mol. The Morgan fingerprint density at radius 2 is 1.95 bits per heavy atom. The summed E-state index contributed by atoms with van der Waals surface area (Å²) < 4.78 is 26.7. The van der Waals surface area contributed by atoms with E-state index in [0.29, 0.717) is 18.0 Å². The number of nitrogens with one attached hydrogen (secondary N) is 1. The second kappa shape index (κ2) is 8.55. The molecule has 1 aromatic rings. The third kappa shape index (κ3) is 4.69. The Bertz CT molecular complexity index is 407. The summed E-state index contributed by atoms with van der Waals surface area (Å²) in [5, 5.41) is 3.37. The van der Waals surface area contributed by atoms with Crippen LogP contribution in [0.15, 0.2) is 18.2 Å².